The molecule has 2 aromatic carbocycles. The Balaban J connectivity index is 1.95. The molecule has 2 rings (SSSR count). The Morgan fingerprint density at radius 1 is 1.09 bits per heavy atom. The Kier molecular flexibility index (Phi) is 5.35. The number of ether oxygens (including phenoxy) is 1. The van der Waals surface area contributed by atoms with Gasteiger partial charge in [-0.25, -0.2) is 9.18 Å². The quantitative estimate of drug-likeness (QED) is 0.857. The zero-order chi connectivity index (χ0) is 16.1. The van der Waals surface area contributed by atoms with E-state index >= 15 is 0 Å². The van der Waals surface area contributed by atoms with Crippen LogP contribution < -0.4 is 5.32 Å². The first kappa shape index (κ1) is 16.3. The minimum absolute atomic E-state index is 0.00402. The van der Waals surface area contributed by atoms with Crippen LogP contribution in [0.15, 0.2) is 42.5 Å². The van der Waals surface area contributed by atoms with Gasteiger partial charge in [0, 0.05) is 0 Å². The first-order valence-electron chi connectivity index (χ1n) is 6.14. The third-order valence-electron chi connectivity index (χ3n) is 2.65. The Bertz CT molecular complexity index is 722. The Morgan fingerprint density at radius 3 is 2.55 bits per heavy atom. The van der Waals surface area contributed by atoms with E-state index in [1.165, 1.54) is 36.4 Å². The first-order valence-corrected chi connectivity index (χ1v) is 6.90. The number of benzene rings is 2. The summed E-state index contributed by atoms with van der Waals surface area (Å²) in [5.74, 6) is -2.05. The van der Waals surface area contributed by atoms with Crippen molar-refractivity contribution in [2.24, 2.45) is 0 Å². The second kappa shape index (κ2) is 7.24. The number of hydrogen-bond acceptors (Lipinski definition) is 3. The van der Waals surface area contributed by atoms with Gasteiger partial charge in [-0.3, -0.25) is 4.79 Å². The van der Waals surface area contributed by atoms with Crippen LogP contribution in [0.4, 0.5) is 10.1 Å². The Labute approximate surface area is 135 Å². The van der Waals surface area contributed by atoms with Gasteiger partial charge in [0.2, 0.25) is 0 Å². The maximum Gasteiger partial charge on any atom is 0.340 e. The number of hydrogen-bond donors (Lipinski definition) is 1. The molecule has 0 saturated carbocycles. The molecule has 7 heteroatoms. The van der Waals surface area contributed by atoms with Crippen LogP contribution in [-0.4, -0.2) is 18.5 Å². The lowest BCUT2D eigenvalue weighted by atomic mass is 10.2. The van der Waals surface area contributed by atoms with Gasteiger partial charge in [0.05, 0.1) is 21.3 Å². The molecule has 1 N–H and O–H groups in total. The van der Waals surface area contributed by atoms with E-state index in [1.54, 1.807) is 6.07 Å². The second-order valence-electron chi connectivity index (χ2n) is 4.21. The molecule has 0 unspecified atom stereocenters. The number of esters is 1. The number of carbonyl (C=O) groups is 2. The van der Waals surface area contributed by atoms with Crippen molar-refractivity contribution in [2.45, 2.75) is 0 Å². The summed E-state index contributed by atoms with van der Waals surface area (Å²) < 4.78 is 18.2. The topological polar surface area (TPSA) is 55.4 Å². The number of halogens is 3. The van der Waals surface area contributed by atoms with Crippen LogP contribution in [0.2, 0.25) is 10.0 Å². The van der Waals surface area contributed by atoms with E-state index in [-0.39, 0.29) is 21.3 Å². The number of anilines is 1. The van der Waals surface area contributed by atoms with Crippen molar-refractivity contribution < 1.29 is 18.7 Å². The molecule has 0 bridgehead atoms. The van der Waals surface area contributed by atoms with Crippen LogP contribution in [0.25, 0.3) is 0 Å². The number of amides is 1. The molecular weight excluding hydrogens is 332 g/mol. The molecule has 22 heavy (non-hydrogen) atoms. The van der Waals surface area contributed by atoms with Gasteiger partial charge in [0.15, 0.2) is 6.61 Å². The standard InChI is InChI=1S/C15H10Cl2FNO3/c16-10-5-3-4-9(14(10)17)15(21)22-8-13(20)19-12-7-2-1-6-11(12)18/h1-7H,8H2,(H,19,20). The lowest BCUT2D eigenvalue weighted by Gasteiger charge is -2.08. The lowest BCUT2D eigenvalue weighted by Crippen LogP contribution is -2.21. The minimum Gasteiger partial charge on any atom is -0.452 e. The molecule has 0 fully saturated rings. The average molecular weight is 342 g/mol. The van der Waals surface area contributed by atoms with E-state index in [9.17, 15) is 14.0 Å². The highest BCUT2D eigenvalue weighted by molar-refractivity contribution is 6.43. The fourth-order valence-electron chi connectivity index (χ4n) is 1.62. The molecule has 0 aromatic heterocycles. The molecule has 0 atom stereocenters. The predicted octanol–water partition coefficient (Wildman–Crippen LogP) is 3.93. The molecule has 0 aliphatic rings. The largest absolute Gasteiger partial charge is 0.452 e. The van der Waals surface area contributed by atoms with E-state index in [4.69, 9.17) is 27.9 Å². The molecule has 114 valence electrons. The molecule has 0 aliphatic heterocycles. The van der Waals surface area contributed by atoms with Crippen molar-refractivity contribution in [3.05, 3.63) is 63.9 Å². The fraction of sp³-hybridized carbons (Fsp3) is 0.0667. The van der Waals surface area contributed by atoms with Gasteiger partial charge in [-0.2, -0.15) is 0 Å². The SMILES string of the molecule is O=C(COC(=O)c1cccc(Cl)c1Cl)Nc1ccccc1F. The fourth-order valence-corrected chi connectivity index (χ4v) is 2.00. The molecule has 0 aliphatic carbocycles. The minimum atomic E-state index is -0.795. The van der Waals surface area contributed by atoms with Gasteiger partial charge in [0.25, 0.3) is 5.91 Å². The number of para-hydroxylation sites is 1. The third kappa shape index (κ3) is 3.96. The van der Waals surface area contributed by atoms with Crippen molar-refractivity contribution in [1.29, 1.82) is 0 Å². The monoisotopic (exact) mass is 341 g/mol. The molecule has 4 nitrogen and oxygen atoms in total. The van der Waals surface area contributed by atoms with E-state index < -0.39 is 24.3 Å². The van der Waals surface area contributed by atoms with Crippen LogP contribution in [0.5, 0.6) is 0 Å². The van der Waals surface area contributed by atoms with Gasteiger partial charge in [-0.05, 0) is 24.3 Å². The van der Waals surface area contributed by atoms with E-state index in [0.29, 0.717) is 0 Å². The maximum absolute atomic E-state index is 13.4. The van der Waals surface area contributed by atoms with Gasteiger partial charge in [-0.15, -0.1) is 0 Å². The van der Waals surface area contributed by atoms with E-state index in [1.807, 2.05) is 0 Å². The lowest BCUT2D eigenvalue weighted by molar-refractivity contribution is -0.119. The predicted molar refractivity (Wildman–Crippen MR) is 81.8 cm³/mol. The van der Waals surface area contributed by atoms with E-state index in [2.05, 4.69) is 5.32 Å². The third-order valence-corrected chi connectivity index (χ3v) is 3.47. The first-order chi connectivity index (χ1) is 10.5. The summed E-state index contributed by atoms with van der Waals surface area (Å²) in [6, 6.07) is 10.1. The van der Waals surface area contributed by atoms with Crippen LogP contribution in [0.3, 0.4) is 0 Å². The molecule has 0 spiro atoms. The zero-order valence-electron chi connectivity index (χ0n) is 11.1. The number of carbonyl (C=O) groups excluding carboxylic acids is 2. The number of rotatable bonds is 4. The normalized spacial score (nSPS) is 10.1. The summed E-state index contributed by atoms with van der Waals surface area (Å²) in [5, 5.41) is 2.54. The van der Waals surface area contributed by atoms with Crippen molar-refractivity contribution in [1.82, 2.24) is 0 Å². The maximum atomic E-state index is 13.4. The number of nitrogens with one attached hydrogen (secondary N) is 1. The average Bonchev–Trinajstić information content (AvgIpc) is 2.50. The summed E-state index contributed by atoms with van der Waals surface area (Å²) in [5.41, 5.74) is 0.0530. The molecular formula is C15H10Cl2FNO3. The van der Waals surface area contributed by atoms with Crippen LogP contribution in [0.1, 0.15) is 10.4 Å². The summed E-state index contributed by atoms with van der Waals surface area (Å²) in [6.45, 7) is -0.573. The van der Waals surface area contributed by atoms with Crippen LogP contribution in [-0.2, 0) is 9.53 Å². The van der Waals surface area contributed by atoms with E-state index in [0.717, 1.165) is 0 Å². The molecule has 2 aromatic rings. The molecule has 0 radical (unpaired) electrons. The molecule has 0 heterocycles. The van der Waals surface area contributed by atoms with Gasteiger partial charge in [0.1, 0.15) is 5.82 Å². The summed E-state index contributed by atoms with van der Waals surface area (Å²) in [6.07, 6.45) is 0. The molecule has 0 saturated heterocycles. The zero-order valence-corrected chi connectivity index (χ0v) is 12.6. The second-order valence-corrected chi connectivity index (χ2v) is 4.99. The van der Waals surface area contributed by atoms with Crippen LogP contribution >= 0.6 is 23.2 Å². The van der Waals surface area contributed by atoms with Crippen molar-refractivity contribution >= 4 is 40.8 Å². The van der Waals surface area contributed by atoms with Crippen molar-refractivity contribution in [3.8, 4) is 0 Å². The smallest absolute Gasteiger partial charge is 0.340 e. The van der Waals surface area contributed by atoms with Gasteiger partial charge in [-0.1, -0.05) is 41.4 Å². The summed E-state index contributed by atoms with van der Waals surface area (Å²) in [7, 11) is 0. The van der Waals surface area contributed by atoms with Crippen LogP contribution in [0, 0.1) is 5.82 Å². The Hall–Kier alpha value is -2.11. The van der Waals surface area contributed by atoms with Gasteiger partial charge >= 0.3 is 5.97 Å². The van der Waals surface area contributed by atoms with Gasteiger partial charge < -0.3 is 10.1 Å². The summed E-state index contributed by atoms with van der Waals surface area (Å²) in [4.78, 5) is 23.5. The van der Waals surface area contributed by atoms with Crippen molar-refractivity contribution in [3.63, 3.8) is 0 Å². The summed E-state index contributed by atoms with van der Waals surface area (Å²) >= 11 is 11.7. The van der Waals surface area contributed by atoms with Crippen molar-refractivity contribution in [2.75, 3.05) is 11.9 Å². The molecule has 1 amide bonds. The Morgan fingerprint density at radius 2 is 1.82 bits per heavy atom. The highest BCUT2D eigenvalue weighted by Crippen LogP contribution is 2.26. The highest BCUT2D eigenvalue weighted by atomic mass is 35.5. The highest BCUT2D eigenvalue weighted by Gasteiger charge is 2.16.